The molecule has 1 amide bonds. The van der Waals surface area contributed by atoms with E-state index in [9.17, 15) is 24.8 Å². The summed E-state index contributed by atoms with van der Waals surface area (Å²) in [7, 11) is 4.31. The first kappa shape index (κ1) is 32.2. The topological polar surface area (TPSA) is 160 Å². The number of halogens is 1. The van der Waals surface area contributed by atoms with Gasteiger partial charge in [0.25, 0.3) is 11.5 Å². The van der Waals surface area contributed by atoms with Gasteiger partial charge in [-0.25, -0.2) is 9.78 Å². The fraction of sp³-hybridized carbons (Fsp3) is 0.324. The highest BCUT2D eigenvalue weighted by molar-refractivity contribution is 6.36. The molecule has 1 aliphatic carbocycles. The Morgan fingerprint density at radius 3 is 2.64 bits per heavy atom. The summed E-state index contributed by atoms with van der Waals surface area (Å²) in [6.07, 6.45) is 2.88. The molecule has 2 aromatic heterocycles. The van der Waals surface area contributed by atoms with E-state index in [1.165, 1.54) is 20.3 Å². The largest absolute Gasteiger partial charge is 0.481 e. The van der Waals surface area contributed by atoms with Crippen LogP contribution in [0.25, 0.3) is 22.4 Å². The van der Waals surface area contributed by atoms with Crippen LogP contribution in [0.5, 0.6) is 5.88 Å². The van der Waals surface area contributed by atoms with Gasteiger partial charge in [0.2, 0.25) is 5.88 Å². The van der Waals surface area contributed by atoms with Crippen LogP contribution in [-0.2, 0) is 25.3 Å². The first-order valence-corrected chi connectivity index (χ1v) is 15.5. The number of aliphatic hydroxyl groups is 1. The zero-order chi connectivity index (χ0) is 33.4. The lowest BCUT2D eigenvalue weighted by Crippen LogP contribution is -2.47. The molecular weight excluding hydrogens is 624 g/mol. The number of carbonyl (C=O) groups excluding carboxylic acids is 1. The number of hydrogen-bond acceptors (Lipinski definition) is 9. The average Bonchev–Trinajstić information content (AvgIpc) is 3.49. The normalized spacial score (nSPS) is 18.8. The van der Waals surface area contributed by atoms with Crippen LogP contribution < -0.4 is 26.6 Å². The maximum Gasteiger partial charge on any atom is 0.330 e. The molecule has 0 radical (unpaired) electrons. The van der Waals surface area contributed by atoms with E-state index in [4.69, 9.17) is 26.1 Å². The average molecular weight is 657 g/mol. The number of aliphatic hydroxyl groups excluding tert-OH is 1. The summed E-state index contributed by atoms with van der Waals surface area (Å²) in [5, 5.41) is 27.3. The number of hydrogen-bond donors (Lipinski definition) is 3. The fourth-order valence-corrected chi connectivity index (χ4v) is 6.62. The Bertz CT molecular complexity index is 2050. The summed E-state index contributed by atoms with van der Waals surface area (Å²) in [6.45, 7) is 0.886. The summed E-state index contributed by atoms with van der Waals surface area (Å²) in [5.74, 6) is -0.279. The van der Waals surface area contributed by atoms with Gasteiger partial charge in [-0.05, 0) is 37.0 Å². The van der Waals surface area contributed by atoms with Crippen molar-refractivity contribution in [2.45, 2.75) is 37.5 Å². The highest BCUT2D eigenvalue weighted by atomic mass is 35.5. The molecule has 2 aliphatic rings. The predicted octanol–water partition coefficient (Wildman–Crippen LogP) is 3.33. The molecule has 1 aliphatic heterocycles. The number of amides is 1. The molecule has 3 N–H and O–H groups in total. The van der Waals surface area contributed by atoms with Crippen LogP contribution in [0, 0.1) is 11.3 Å². The van der Waals surface area contributed by atoms with Crippen molar-refractivity contribution in [1.82, 2.24) is 19.4 Å². The van der Waals surface area contributed by atoms with Crippen LogP contribution in [0.4, 0.5) is 5.69 Å². The predicted molar refractivity (Wildman–Crippen MR) is 176 cm³/mol. The van der Waals surface area contributed by atoms with Crippen LogP contribution in [-0.4, -0.2) is 57.6 Å². The first-order chi connectivity index (χ1) is 22.6. The second kappa shape index (κ2) is 13.1. The highest BCUT2D eigenvalue weighted by Gasteiger charge is 2.33. The minimum Gasteiger partial charge on any atom is -0.481 e. The van der Waals surface area contributed by atoms with Gasteiger partial charge in [-0.15, -0.1) is 0 Å². The number of pyridine rings is 1. The molecule has 0 spiro atoms. The molecule has 3 heterocycles. The van der Waals surface area contributed by atoms with Gasteiger partial charge in [-0.3, -0.25) is 14.2 Å². The Labute approximate surface area is 275 Å². The second-order valence-corrected chi connectivity index (χ2v) is 12.0. The lowest BCUT2D eigenvalue weighted by Gasteiger charge is -2.31. The maximum atomic E-state index is 13.1. The fourth-order valence-electron chi connectivity index (χ4n) is 6.34. The Hall–Kier alpha value is -4.80. The van der Waals surface area contributed by atoms with Crippen molar-refractivity contribution >= 4 is 23.2 Å². The van der Waals surface area contributed by atoms with Gasteiger partial charge in [-0.2, -0.15) is 5.26 Å². The molecule has 1 fully saturated rings. The van der Waals surface area contributed by atoms with E-state index >= 15 is 0 Å². The van der Waals surface area contributed by atoms with E-state index in [0.29, 0.717) is 53.5 Å². The molecule has 1 saturated heterocycles. The van der Waals surface area contributed by atoms with Crippen molar-refractivity contribution in [2.75, 3.05) is 25.6 Å². The summed E-state index contributed by atoms with van der Waals surface area (Å²) in [5.41, 5.74) is 3.20. The molecule has 4 aromatic rings. The third kappa shape index (κ3) is 5.94. The van der Waals surface area contributed by atoms with E-state index in [1.807, 2.05) is 12.1 Å². The van der Waals surface area contributed by atoms with Crippen molar-refractivity contribution < 1.29 is 19.4 Å². The third-order valence-electron chi connectivity index (χ3n) is 8.78. The number of nitrogens with one attached hydrogen (secondary N) is 2. The quantitative estimate of drug-likeness (QED) is 0.271. The number of anilines is 1. The van der Waals surface area contributed by atoms with E-state index in [1.54, 1.807) is 37.4 Å². The molecule has 13 heteroatoms. The molecule has 3 unspecified atom stereocenters. The number of benzene rings is 2. The highest BCUT2D eigenvalue weighted by Crippen LogP contribution is 2.42. The minimum absolute atomic E-state index is 0.0428. The molecule has 0 bridgehead atoms. The summed E-state index contributed by atoms with van der Waals surface area (Å²) >= 11 is 6.83. The van der Waals surface area contributed by atoms with Crippen LogP contribution in [0.15, 0.2) is 58.3 Å². The number of rotatable bonds is 7. The van der Waals surface area contributed by atoms with Crippen molar-refractivity contribution in [3.63, 3.8) is 0 Å². The van der Waals surface area contributed by atoms with Gasteiger partial charge in [0.15, 0.2) is 0 Å². The van der Waals surface area contributed by atoms with Crippen LogP contribution in [0.1, 0.15) is 45.9 Å². The number of aromatic nitrogens is 3. The van der Waals surface area contributed by atoms with Gasteiger partial charge in [0.05, 0.1) is 41.8 Å². The van der Waals surface area contributed by atoms with Gasteiger partial charge < -0.3 is 29.8 Å². The number of methoxy groups -OCH3 is 1. The van der Waals surface area contributed by atoms with Crippen molar-refractivity contribution in [2.24, 2.45) is 14.1 Å². The maximum absolute atomic E-state index is 13.1. The number of aryl methyl sites for hydroxylation is 2. The monoisotopic (exact) mass is 656 g/mol. The van der Waals surface area contributed by atoms with Crippen LogP contribution in [0.2, 0.25) is 5.02 Å². The zero-order valence-electron chi connectivity index (χ0n) is 26.0. The smallest absolute Gasteiger partial charge is 0.330 e. The molecule has 47 heavy (non-hydrogen) atoms. The van der Waals surface area contributed by atoms with E-state index in [0.717, 1.165) is 33.1 Å². The second-order valence-electron chi connectivity index (χ2n) is 11.6. The summed E-state index contributed by atoms with van der Waals surface area (Å²) < 4.78 is 13.1. The van der Waals surface area contributed by atoms with Crippen LogP contribution in [0.3, 0.4) is 0 Å². The molecule has 12 nitrogen and oxygen atoms in total. The van der Waals surface area contributed by atoms with Crippen molar-refractivity contribution in [1.29, 1.82) is 5.26 Å². The molecule has 2 aromatic carbocycles. The lowest BCUT2D eigenvalue weighted by molar-refractivity contribution is -0.0304. The summed E-state index contributed by atoms with van der Waals surface area (Å²) in [6, 6.07) is 14.5. The standard InChI is InChI=1S/C34H33ClN6O6/c1-40-16-23(33(44)41(2)34(40)45)31(43)38-26-9-5-8-21(30(26)35)19-6-4-7-20(22(19)15-36)27-14-18-10-11-25(29(18)32(39-27)46-3)37-24-12-13-47-17-28(24)42/h4-9,14,16,24-25,28,37,42H,10-13,17H2,1-3H3,(H,38,43). The number of nitriles is 1. The van der Waals surface area contributed by atoms with E-state index < -0.39 is 23.3 Å². The molecule has 3 atom stereocenters. The first-order valence-electron chi connectivity index (χ1n) is 15.1. The number of nitrogens with zero attached hydrogens (tertiary/aromatic N) is 4. The van der Waals surface area contributed by atoms with Crippen LogP contribution >= 0.6 is 11.6 Å². The number of fused-ring (bicyclic) bond motifs is 1. The lowest BCUT2D eigenvalue weighted by atomic mass is 9.93. The SMILES string of the molecule is COc1nc(-c2cccc(-c3cccc(NC(=O)c4cn(C)c(=O)n(C)c4=O)c3Cl)c2C#N)cc2c1C(NC1CCOCC1O)CC2. The molecule has 6 rings (SSSR count). The summed E-state index contributed by atoms with van der Waals surface area (Å²) in [4.78, 5) is 42.7. The van der Waals surface area contributed by atoms with Crippen molar-refractivity contribution in [3.05, 3.63) is 96.8 Å². The third-order valence-corrected chi connectivity index (χ3v) is 9.18. The van der Waals surface area contributed by atoms with E-state index in [2.05, 4.69) is 16.7 Å². The number of ether oxygens (including phenoxy) is 2. The minimum atomic E-state index is -0.738. The Balaban J connectivity index is 1.34. The van der Waals surface area contributed by atoms with Gasteiger partial charge in [0.1, 0.15) is 11.6 Å². The molecule has 242 valence electrons. The van der Waals surface area contributed by atoms with E-state index in [-0.39, 0.29) is 28.4 Å². The number of carbonyl (C=O) groups is 1. The zero-order valence-corrected chi connectivity index (χ0v) is 26.8. The van der Waals surface area contributed by atoms with Gasteiger partial charge >= 0.3 is 5.69 Å². The Kier molecular flexibility index (Phi) is 8.98. The Morgan fingerprint density at radius 2 is 1.89 bits per heavy atom. The Morgan fingerprint density at radius 1 is 1.15 bits per heavy atom. The van der Waals surface area contributed by atoms with Gasteiger partial charge in [0, 0.05) is 61.2 Å². The van der Waals surface area contributed by atoms with Crippen molar-refractivity contribution in [3.8, 4) is 34.3 Å². The molecule has 0 saturated carbocycles. The van der Waals surface area contributed by atoms with Gasteiger partial charge in [-0.1, -0.05) is 41.9 Å². The molecular formula is C34H33ClN6O6.